The van der Waals surface area contributed by atoms with Crippen LogP contribution in [0.4, 0.5) is 5.69 Å². The molecule has 0 saturated heterocycles. The van der Waals surface area contributed by atoms with Crippen LogP contribution < -0.4 is 4.74 Å². The van der Waals surface area contributed by atoms with Crippen molar-refractivity contribution in [2.24, 2.45) is 0 Å². The maximum Gasteiger partial charge on any atom is 0.269 e. The lowest BCUT2D eigenvalue weighted by Crippen LogP contribution is -1.93. The van der Waals surface area contributed by atoms with E-state index in [0.717, 1.165) is 22.0 Å². The SMILES string of the molecule is COc1nc2ccccc2cc1-c1ccc([N+](=O)[O-])cc1. The number of nitro benzene ring substituents is 1. The summed E-state index contributed by atoms with van der Waals surface area (Å²) in [5.41, 5.74) is 2.55. The van der Waals surface area contributed by atoms with Gasteiger partial charge >= 0.3 is 0 Å². The molecule has 1 aromatic heterocycles. The molecule has 0 fully saturated rings. The molecule has 5 nitrogen and oxygen atoms in total. The van der Waals surface area contributed by atoms with E-state index in [0.29, 0.717) is 5.88 Å². The predicted octanol–water partition coefficient (Wildman–Crippen LogP) is 3.82. The fourth-order valence-electron chi connectivity index (χ4n) is 2.22. The summed E-state index contributed by atoms with van der Waals surface area (Å²) in [5.74, 6) is 0.502. The van der Waals surface area contributed by atoms with Crippen LogP contribution in [0.25, 0.3) is 22.0 Å². The van der Waals surface area contributed by atoms with E-state index in [9.17, 15) is 10.1 Å². The fraction of sp³-hybridized carbons (Fsp3) is 0.0625. The number of fused-ring (bicyclic) bond motifs is 1. The summed E-state index contributed by atoms with van der Waals surface area (Å²) in [6, 6.07) is 16.1. The second kappa shape index (κ2) is 5.20. The van der Waals surface area contributed by atoms with Crippen LogP contribution in [0.2, 0.25) is 0 Å². The van der Waals surface area contributed by atoms with Crippen molar-refractivity contribution >= 4 is 16.6 Å². The molecule has 0 aliphatic carbocycles. The number of rotatable bonds is 3. The fourth-order valence-corrected chi connectivity index (χ4v) is 2.22. The number of para-hydroxylation sites is 1. The van der Waals surface area contributed by atoms with E-state index >= 15 is 0 Å². The molecule has 0 atom stereocenters. The predicted molar refractivity (Wildman–Crippen MR) is 80.4 cm³/mol. The van der Waals surface area contributed by atoms with Crippen LogP contribution in [0.5, 0.6) is 5.88 Å². The smallest absolute Gasteiger partial charge is 0.269 e. The number of hydrogen-bond donors (Lipinski definition) is 0. The average Bonchev–Trinajstić information content (AvgIpc) is 2.53. The Hall–Kier alpha value is -2.95. The van der Waals surface area contributed by atoms with E-state index in [4.69, 9.17) is 4.74 Å². The summed E-state index contributed by atoms with van der Waals surface area (Å²) >= 11 is 0. The number of nitrogens with zero attached hydrogens (tertiary/aromatic N) is 2. The molecule has 0 aliphatic heterocycles. The zero-order valence-corrected chi connectivity index (χ0v) is 11.3. The molecule has 0 amide bonds. The van der Waals surface area contributed by atoms with E-state index in [1.54, 1.807) is 19.2 Å². The van der Waals surface area contributed by atoms with Gasteiger partial charge in [-0.2, -0.15) is 0 Å². The van der Waals surface area contributed by atoms with Crippen LogP contribution in [0.15, 0.2) is 54.6 Å². The maximum atomic E-state index is 10.7. The molecule has 3 aromatic rings. The largest absolute Gasteiger partial charge is 0.481 e. The van der Waals surface area contributed by atoms with Crippen molar-refractivity contribution in [3.8, 4) is 17.0 Å². The number of benzene rings is 2. The van der Waals surface area contributed by atoms with Gasteiger partial charge < -0.3 is 4.74 Å². The highest BCUT2D eigenvalue weighted by Crippen LogP contribution is 2.32. The minimum atomic E-state index is -0.417. The van der Waals surface area contributed by atoms with Crippen molar-refractivity contribution in [1.82, 2.24) is 4.98 Å². The molecular weight excluding hydrogens is 268 g/mol. The Morgan fingerprint density at radius 3 is 2.48 bits per heavy atom. The zero-order valence-electron chi connectivity index (χ0n) is 11.3. The highest BCUT2D eigenvalue weighted by Gasteiger charge is 2.11. The number of pyridine rings is 1. The lowest BCUT2D eigenvalue weighted by atomic mass is 10.0. The van der Waals surface area contributed by atoms with Crippen LogP contribution in [-0.4, -0.2) is 17.0 Å². The standard InChI is InChI=1S/C16H12N2O3/c1-21-16-14(10-12-4-2-3-5-15(12)17-16)11-6-8-13(9-7-11)18(19)20/h2-10H,1H3. The van der Waals surface area contributed by atoms with Crippen LogP contribution in [-0.2, 0) is 0 Å². The first kappa shape index (κ1) is 13.1. The Bertz CT molecular complexity index is 813. The molecule has 0 saturated carbocycles. The highest BCUT2D eigenvalue weighted by atomic mass is 16.6. The minimum absolute atomic E-state index is 0.0615. The highest BCUT2D eigenvalue weighted by molar-refractivity contribution is 5.86. The van der Waals surface area contributed by atoms with Crippen LogP contribution in [0.1, 0.15) is 0 Å². The molecule has 5 heteroatoms. The summed E-state index contributed by atoms with van der Waals surface area (Å²) in [7, 11) is 1.56. The van der Waals surface area contributed by atoms with Gasteiger partial charge in [0.25, 0.3) is 5.69 Å². The van der Waals surface area contributed by atoms with Gasteiger partial charge in [-0.1, -0.05) is 18.2 Å². The second-order valence-corrected chi connectivity index (χ2v) is 4.54. The summed E-state index contributed by atoms with van der Waals surface area (Å²) in [6.45, 7) is 0. The third-order valence-electron chi connectivity index (χ3n) is 3.27. The van der Waals surface area contributed by atoms with E-state index < -0.39 is 4.92 Å². The van der Waals surface area contributed by atoms with E-state index in [1.165, 1.54) is 12.1 Å². The molecule has 0 N–H and O–H groups in total. The number of aromatic nitrogens is 1. The third kappa shape index (κ3) is 2.41. The zero-order chi connectivity index (χ0) is 14.8. The number of hydrogen-bond acceptors (Lipinski definition) is 4. The van der Waals surface area contributed by atoms with Crippen LogP contribution >= 0.6 is 0 Å². The van der Waals surface area contributed by atoms with Gasteiger partial charge in [-0.15, -0.1) is 0 Å². The van der Waals surface area contributed by atoms with E-state index in [1.807, 2.05) is 30.3 Å². The Labute approximate surface area is 121 Å². The monoisotopic (exact) mass is 280 g/mol. The lowest BCUT2D eigenvalue weighted by molar-refractivity contribution is -0.384. The summed E-state index contributed by atoms with van der Waals surface area (Å²) in [4.78, 5) is 14.8. The van der Waals surface area contributed by atoms with Gasteiger partial charge in [0.2, 0.25) is 5.88 Å². The van der Waals surface area contributed by atoms with Gasteiger partial charge in [-0.3, -0.25) is 10.1 Å². The first-order chi connectivity index (χ1) is 10.2. The molecular formula is C16H12N2O3. The Kier molecular flexibility index (Phi) is 3.23. The topological polar surface area (TPSA) is 65.3 Å². The number of non-ortho nitro benzene ring substituents is 1. The first-order valence-corrected chi connectivity index (χ1v) is 6.37. The molecule has 0 aliphatic rings. The molecule has 104 valence electrons. The molecule has 0 radical (unpaired) electrons. The molecule has 0 bridgehead atoms. The normalized spacial score (nSPS) is 10.5. The molecule has 1 heterocycles. The first-order valence-electron chi connectivity index (χ1n) is 6.37. The second-order valence-electron chi connectivity index (χ2n) is 4.54. The van der Waals surface area contributed by atoms with Crippen molar-refractivity contribution < 1.29 is 9.66 Å². The van der Waals surface area contributed by atoms with Crippen molar-refractivity contribution in [3.05, 3.63) is 64.7 Å². The third-order valence-corrected chi connectivity index (χ3v) is 3.27. The summed E-state index contributed by atoms with van der Waals surface area (Å²) in [5, 5.41) is 11.7. The molecule has 3 rings (SSSR count). The molecule has 2 aromatic carbocycles. The Morgan fingerprint density at radius 1 is 1.10 bits per heavy atom. The van der Waals surface area contributed by atoms with Gasteiger partial charge in [0.15, 0.2) is 0 Å². The Morgan fingerprint density at radius 2 is 1.81 bits per heavy atom. The van der Waals surface area contributed by atoms with E-state index in [-0.39, 0.29) is 5.69 Å². The molecule has 21 heavy (non-hydrogen) atoms. The molecule has 0 spiro atoms. The molecule has 0 unspecified atom stereocenters. The van der Waals surface area contributed by atoms with Gasteiger partial charge in [0.05, 0.1) is 17.5 Å². The van der Waals surface area contributed by atoms with Gasteiger partial charge in [0, 0.05) is 23.1 Å². The van der Waals surface area contributed by atoms with Gasteiger partial charge in [-0.05, 0) is 29.8 Å². The number of nitro groups is 1. The van der Waals surface area contributed by atoms with Crippen LogP contribution in [0.3, 0.4) is 0 Å². The number of ether oxygens (including phenoxy) is 1. The van der Waals surface area contributed by atoms with Crippen molar-refractivity contribution in [2.75, 3.05) is 7.11 Å². The quantitative estimate of drug-likeness (QED) is 0.540. The minimum Gasteiger partial charge on any atom is -0.481 e. The van der Waals surface area contributed by atoms with Crippen molar-refractivity contribution in [2.45, 2.75) is 0 Å². The van der Waals surface area contributed by atoms with Gasteiger partial charge in [0.1, 0.15) is 0 Å². The Balaban J connectivity index is 2.16. The average molecular weight is 280 g/mol. The lowest BCUT2D eigenvalue weighted by Gasteiger charge is -2.09. The van der Waals surface area contributed by atoms with Crippen molar-refractivity contribution in [1.29, 1.82) is 0 Å². The van der Waals surface area contributed by atoms with Crippen molar-refractivity contribution in [3.63, 3.8) is 0 Å². The maximum absolute atomic E-state index is 10.7. The summed E-state index contributed by atoms with van der Waals surface area (Å²) < 4.78 is 5.34. The summed E-state index contributed by atoms with van der Waals surface area (Å²) in [6.07, 6.45) is 0. The van der Waals surface area contributed by atoms with E-state index in [2.05, 4.69) is 4.98 Å². The van der Waals surface area contributed by atoms with Crippen LogP contribution in [0, 0.1) is 10.1 Å². The number of methoxy groups -OCH3 is 1. The van der Waals surface area contributed by atoms with Gasteiger partial charge in [-0.25, -0.2) is 4.98 Å².